The lowest BCUT2D eigenvalue weighted by atomic mass is 10.0. The van der Waals surface area contributed by atoms with Crippen molar-refractivity contribution in [2.45, 2.75) is 19.8 Å². The highest BCUT2D eigenvalue weighted by Gasteiger charge is 2.28. The predicted molar refractivity (Wildman–Crippen MR) is 93.9 cm³/mol. The number of hydrogen-bond donors (Lipinski definition) is 3. The topological polar surface area (TPSA) is 104 Å². The maximum Gasteiger partial charge on any atom is 0.279 e. The molecule has 0 fully saturated rings. The molecule has 8 nitrogen and oxygen atoms in total. The fourth-order valence-corrected chi connectivity index (χ4v) is 2.78. The van der Waals surface area contributed by atoms with Crippen molar-refractivity contribution in [2.24, 2.45) is 0 Å². The average Bonchev–Trinajstić information content (AvgIpc) is 2.65. The summed E-state index contributed by atoms with van der Waals surface area (Å²) in [5.41, 5.74) is 3.98. The largest absolute Gasteiger partial charge is 0.351 e. The summed E-state index contributed by atoms with van der Waals surface area (Å²) in [6, 6.07) is 4.76. The Labute approximate surface area is 154 Å². The Morgan fingerprint density at radius 1 is 1.37 bits per heavy atom. The number of aryl methyl sites for hydroxylation is 1. The van der Waals surface area contributed by atoms with Gasteiger partial charge in [-0.25, -0.2) is 14.9 Å². The quantitative estimate of drug-likeness (QED) is 0.528. The van der Waals surface area contributed by atoms with E-state index in [1.165, 1.54) is 17.7 Å². The van der Waals surface area contributed by atoms with Gasteiger partial charge >= 0.3 is 0 Å². The molecule has 0 bridgehead atoms. The summed E-state index contributed by atoms with van der Waals surface area (Å²) in [4.78, 5) is 33.3. The second kappa shape index (κ2) is 8.11. The third kappa shape index (κ3) is 4.21. The molecular formula is C18H19FN4O4. The van der Waals surface area contributed by atoms with Crippen LogP contribution in [0.5, 0.6) is 0 Å². The van der Waals surface area contributed by atoms with E-state index in [4.69, 9.17) is 10.0 Å². The summed E-state index contributed by atoms with van der Waals surface area (Å²) >= 11 is 0. The zero-order valence-corrected chi connectivity index (χ0v) is 14.7. The van der Waals surface area contributed by atoms with E-state index >= 15 is 0 Å². The van der Waals surface area contributed by atoms with Crippen molar-refractivity contribution in [1.82, 2.24) is 15.5 Å². The first kappa shape index (κ1) is 18.7. The molecule has 1 aromatic heterocycles. The first-order valence-electron chi connectivity index (χ1n) is 8.37. The summed E-state index contributed by atoms with van der Waals surface area (Å²) in [7, 11) is 0. The maximum absolute atomic E-state index is 14.2. The SMILES string of the molecule is Cc1ccc(Nc2cncc3c2C(=O)N(OCCC(=O)NO)CC3)c(F)c1. The van der Waals surface area contributed by atoms with Gasteiger partial charge in [-0.2, -0.15) is 0 Å². The highest BCUT2D eigenvalue weighted by atomic mass is 19.1. The van der Waals surface area contributed by atoms with Gasteiger partial charge in [0.15, 0.2) is 0 Å². The summed E-state index contributed by atoms with van der Waals surface area (Å²) in [6.45, 7) is 2.03. The van der Waals surface area contributed by atoms with Crippen LogP contribution in [-0.2, 0) is 16.1 Å². The molecule has 0 spiro atoms. The second-order valence-electron chi connectivity index (χ2n) is 6.10. The monoisotopic (exact) mass is 374 g/mol. The number of benzene rings is 1. The van der Waals surface area contributed by atoms with Crippen molar-refractivity contribution in [3.05, 3.63) is 53.1 Å². The molecule has 1 aliphatic rings. The fraction of sp³-hybridized carbons (Fsp3) is 0.278. The van der Waals surface area contributed by atoms with Gasteiger partial charge in [0.25, 0.3) is 5.91 Å². The molecule has 2 heterocycles. The van der Waals surface area contributed by atoms with E-state index in [0.717, 1.165) is 16.2 Å². The minimum atomic E-state index is -0.610. The number of halogens is 1. The normalized spacial score (nSPS) is 13.3. The molecule has 0 radical (unpaired) electrons. The van der Waals surface area contributed by atoms with Crippen LogP contribution in [0, 0.1) is 12.7 Å². The van der Waals surface area contributed by atoms with Crippen molar-refractivity contribution in [3.63, 3.8) is 0 Å². The Balaban J connectivity index is 1.80. The molecule has 3 rings (SSSR count). The smallest absolute Gasteiger partial charge is 0.279 e. The molecule has 0 saturated carbocycles. The van der Waals surface area contributed by atoms with Gasteiger partial charge in [0, 0.05) is 6.20 Å². The number of nitrogens with zero attached hydrogens (tertiary/aromatic N) is 2. The summed E-state index contributed by atoms with van der Waals surface area (Å²) in [5.74, 6) is -1.45. The van der Waals surface area contributed by atoms with Crippen LogP contribution >= 0.6 is 0 Å². The van der Waals surface area contributed by atoms with Gasteiger partial charge in [-0.15, -0.1) is 0 Å². The van der Waals surface area contributed by atoms with Crippen molar-refractivity contribution < 1.29 is 24.0 Å². The molecule has 9 heteroatoms. The summed E-state index contributed by atoms with van der Waals surface area (Å²) < 4.78 is 14.2. The molecule has 142 valence electrons. The van der Waals surface area contributed by atoms with E-state index in [-0.39, 0.29) is 18.7 Å². The number of carbonyl (C=O) groups is 2. The van der Waals surface area contributed by atoms with Gasteiger partial charge in [-0.05, 0) is 36.6 Å². The molecule has 0 unspecified atom stereocenters. The molecule has 0 saturated heterocycles. The molecule has 0 atom stereocenters. The third-order valence-corrected chi connectivity index (χ3v) is 4.14. The first-order valence-corrected chi connectivity index (χ1v) is 8.37. The lowest BCUT2D eigenvalue weighted by Gasteiger charge is -2.28. The molecule has 1 aromatic carbocycles. The van der Waals surface area contributed by atoms with E-state index in [0.29, 0.717) is 24.2 Å². The Kier molecular flexibility index (Phi) is 5.63. The highest BCUT2D eigenvalue weighted by molar-refractivity contribution is 6.01. The van der Waals surface area contributed by atoms with Gasteiger partial charge < -0.3 is 5.32 Å². The first-order chi connectivity index (χ1) is 13.0. The lowest BCUT2D eigenvalue weighted by molar-refractivity contribution is -0.143. The number of fused-ring (bicyclic) bond motifs is 1. The third-order valence-electron chi connectivity index (χ3n) is 4.14. The van der Waals surface area contributed by atoms with E-state index in [2.05, 4.69) is 10.3 Å². The number of nitrogens with one attached hydrogen (secondary N) is 2. The number of pyridine rings is 1. The van der Waals surface area contributed by atoms with Crippen molar-refractivity contribution in [1.29, 1.82) is 0 Å². The molecular weight excluding hydrogens is 355 g/mol. The zero-order chi connectivity index (χ0) is 19.4. The summed E-state index contributed by atoms with van der Waals surface area (Å²) in [5, 5.41) is 12.6. The van der Waals surface area contributed by atoms with Crippen LogP contribution in [0.2, 0.25) is 0 Å². The van der Waals surface area contributed by atoms with Crippen LogP contribution in [0.3, 0.4) is 0 Å². The minimum Gasteiger partial charge on any atom is -0.351 e. The summed E-state index contributed by atoms with van der Waals surface area (Å²) in [6.07, 6.45) is 3.47. The van der Waals surface area contributed by atoms with Crippen LogP contribution in [0.15, 0.2) is 30.6 Å². The number of carbonyl (C=O) groups excluding carboxylic acids is 2. The van der Waals surface area contributed by atoms with Crippen molar-refractivity contribution in [2.75, 3.05) is 18.5 Å². The van der Waals surface area contributed by atoms with Crippen LogP contribution < -0.4 is 10.8 Å². The number of hydroxylamine groups is 3. The standard InChI is InChI=1S/C18H19FN4O4/c1-11-2-3-14(13(19)8-11)21-15-10-20-9-12-4-6-23(18(25)17(12)15)27-7-5-16(24)22-26/h2-3,8-10,21,26H,4-7H2,1H3,(H,22,24). The molecule has 27 heavy (non-hydrogen) atoms. The number of hydrogen-bond acceptors (Lipinski definition) is 6. The molecule has 1 aliphatic heterocycles. The number of amides is 2. The van der Waals surface area contributed by atoms with Gasteiger partial charge in [0.05, 0.1) is 42.7 Å². The molecule has 2 amide bonds. The number of anilines is 2. The number of rotatable bonds is 6. The fourth-order valence-electron chi connectivity index (χ4n) is 2.78. The average molecular weight is 374 g/mol. The maximum atomic E-state index is 14.2. The Bertz CT molecular complexity index is 874. The lowest BCUT2D eigenvalue weighted by Crippen LogP contribution is -2.39. The van der Waals surface area contributed by atoms with Gasteiger partial charge in [-0.1, -0.05) is 6.07 Å². The van der Waals surface area contributed by atoms with E-state index < -0.39 is 17.6 Å². The van der Waals surface area contributed by atoms with Crippen LogP contribution in [-0.4, -0.2) is 40.2 Å². The zero-order valence-electron chi connectivity index (χ0n) is 14.7. The minimum absolute atomic E-state index is 0.0616. The Hall–Kier alpha value is -3.04. The number of aromatic nitrogens is 1. The molecule has 2 aromatic rings. The molecule has 3 N–H and O–H groups in total. The van der Waals surface area contributed by atoms with Crippen molar-refractivity contribution >= 4 is 23.2 Å². The van der Waals surface area contributed by atoms with Crippen LogP contribution in [0.1, 0.15) is 27.9 Å². The molecule has 0 aliphatic carbocycles. The van der Waals surface area contributed by atoms with Gasteiger partial charge in [0.1, 0.15) is 5.82 Å². The van der Waals surface area contributed by atoms with Crippen LogP contribution in [0.4, 0.5) is 15.8 Å². The predicted octanol–water partition coefficient (Wildman–Crippen LogP) is 2.10. The van der Waals surface area contributed by atoms with E-state index in [9.17, 15) is 14.0 Å². The Morgan fingerprint density at radius 3 is 2.93 bits per heavy atom. The van der Waals surface area contributed by atoms with E-state index in [1.54, 1.807) is 25.3 Å². The van der Waals surface area contributed by atoms with E-state index in [1.807, 2.05) is 0 Å². The second-order valence-corrected chi connectivity index (χ2v) is 6.10. The highest BCUT2D eigenvalue weighted by Crippen LogP contribution is 2.29. The van der Waals surface area contributed by atoms with Crippen molar-refractivity contribution in [3.8, 4) is 0 Å². The van der Waals surface area contributed by atoms with Gasteiger partial charge in [-0.3, -0.25) is 24.6 Å². The Morgan fingerprint density at radius 2 is 2.19 bits per heavy atom. The van der Waals surface area contributed by atoms with Gasteiger partial charge in [0.2, 0.25) is 5.91 Å². The van der Waals surface area contributed by atoms with Crippen LogP contribution in [0.25, 0.3) is 0 Å².